The minimum atomic E-state index is -0.743. The second-order valence-electron chi connectivity index (χ2n) is 4.59. The van der Waals surface area contributed by atoms with E-state index in [0.717, 1.165) is 10.6 Å². The molecule has 9 nitrogen and oxygen atoms in total. The molecular formula is C12H15N5O4S. The number of anilines is 1. The van der Waals surface area contributed by atoms with Gasteiger partial charge in [-0.2, -0.15) is 0 Å². The number of nitrogens with zero attached hydrogens (tertiary/aromatic N) is 4. The van der Waals surface area contributed by atoms with E-state index in [0.29, 0.717) is 5.13 Å². The van der Waals surface area contributed by atoms with Crippen LogP contribution in [0.25, 0.3) is 0 Å². The van der Waals surface area contributed by atoms with E-state index in [1.54, 1.807) is 6.92 Å². The number of nitro groups is 1. The molecule has 0 aliphatic heterocycles. The average molecular weight is 325 g/mol. The fraction of sp³-hybridized carbons (Fsp3) is 0.417. The first kappa shape index (κ1) is 15.9. The zero-order valence-corrected chi connectivity index (χ0v) is 13.3. The van der Waals surface area contributed by atoms with Crippen molar-refractivity contribution in [3.05, 3.63) is 26.9 Å². The number of aromatic nitrogens is 3. The molecule has 0 saturated carbocycles. The maximum atomic E-state index is 12.2. The van der Waals surface area contributed by atoms with Crippen molar-refractivity contribution in [1.82, 2.24) is 14.8 Å². The minimum absolute atomic E-state index is 0.134. The summed E-state index contributed by atoms with van der Waals surface area (Å²) in [6.45, 7) is 5.35. The summed E-state index contributed by atoms with van der Waals surface area (Å²) in [6.07, 6.45) is 1.17. The molecule has 0 spiro atoms. The highest BCUT2D eigenvalue weighted by atomic mass is 32.1. The van der Waals surface area contributed by atoms with Crippen molar-refractivity contribution in [2.45, 2.75) is 26.8 Å². The van der Waals surface area contributed by atoms with Crippen molar-refractivity contribution in [2.75, 3.05) is 12.4 Å². The molecular weight excluding hydrogens is 310 g/mol. The van der Waals surface area contributed by atoms with Gasteiger partial charge in [0.2, 0.25) is 0 Å². The Morgan fingerprint density at radius 3 is 2.68 bits per heavy atom. The van der Waals surface area contributed by atoms with Gasteiger partial charge >= 0.3 is 11.6 Å². The molecule has 0 aliphatic carbocycles. The van der Waals surface area contributed by atoms with Crippen LogP contribution in [0.2, 0.25) is 0 Å². The number of hydrogen-bond acceptors (Lipinski definition) is 7. The number of amides is 1. The van der Waals surface area contributed by atoms with Crippen LogP contribution < -0.4 is 10.1 Å². The fourth-order valence-electron chi connectivity index (χ4n) is 1.69. The summed E-state index contributed by atoms with van der Waals surface area (Å²) in [5.74, 6) is -0.501. The van der Waals surface area contributed by atoms with Gasteiger partial charge in [0.15, 0.2) is 5.13 Å². The van der Waals surface area contributed by atoms with Crippen LogP contribution in [-0.2, 0) is 4.79 Å². The van der Waals surface area contributed by atoms with Gasteiger partial charge in [0, 0.05) is 4.88 Å². The molecule has 0 aliphatic rings. The SMILES string of the molecule is COc1nn(C(C)C(=O)Nc2nc(C)c(C)s2)cc1[N+](=O)[O-]. The molecule has 1 atom stereocenters. The zero-order chi connectivity index (χ0) is 16.4. The molecule has 0 aromatic carbocycles. The Balaban J connectivity index is 2.18. The van der Waals surface area contributed by atoms with Crippen LogP contribution in [0.1, 0.15) is 23.5 Å². The molecule has 0 bridgehead atoms. The topological polar surface area (TPSA) is 112 Å². The van der Waals surface area contributed by atoms with E-state index in [4.69, 9.17) is 4.74 Å². The van der Waals surface area contributed by atoms with Gasteiger partial charge in [0.1, 0.15) is 12.2 Å². The predicted octanol–water partition coefficient (Wildman–Crippen LogP) is 2.07. The number of hydrogen-bond donors (Lipinski definition) is 1. The molecule has 2 aromatic rings. The van der Waals surface area contributed by atoms with Gasteiger partial charge in [-0.05, 0) is 20.8 Å². The van der Waals surface area contributed by atoms with Crippen LogP contribution in [0.4, 0.5) is 10.8 Å². The van der Waals surface area contributed by atoms with Crippen LogP contribution >= 0.6 is 11.3 Å². The molecule has 22 heavy (non-hydrogen) atoms. The Morgan fingerprint density at radius 2 is 2.23 bits per heavy atom. The number of nitrogens with one attached hydrogen (secondary N) is 1. The third-order valence-corrected chi connectivity index (χ3v) is 4.09. The molecule has 1 unspecified atom stereocenters. The Labute approximate surface area is 130 Å². The summed E-state index contributed by atoms with van der Waals surface area (Å²) < 4.78 is 6.03. The van der Waals surface area contributed by atoms with E-state index in [1.807, 2.05) is 13.8 Å². The predicted molar refractivity (Wildman–Crippen MR) is 80.4 cm³/mol. The lowest BCUT2D eigenvalue weighted by molar-refractivity contribution is -0.385. The lowest BCUT2D eigenvalue weighted by Gasteiger charge is -2.10. The van der Waals surface area contributed by atoms with E-state index in [2.05, 4.69) is 15.4 Å². The van der Waals surface area contributed by atoms with Crippen molar-refractivity contribution >= 4 is 28.1 Å². The van der Waals surface area contributed by atoms with Gasteiger partial charge in [-0.3, -0.25) is 14.9 Å². The smallest absolute Gasteiger partial charge is 0.350 e. The number of rotatable bonds is 5. The van der Waals surface area contributed by atoms with E-state index in [1.165, 1.54) is 29.3 Å². The van der Waals surface area contributed by atoms with Crippen molar-refractivity contribution < 1.29 is 14.5 Å². The number of ether oxygens (including phenoxy) is 1. The van der Waals surface area contributed by atoms with Crippen molar-refractivity contribution in [3.63, 3.8) is 0 Å². The minimum Gasteiger partial charge on any atom is -0.475 e. The summed E-state index contributed by atoms with van der Waals surface area (Å²) in [6, 6.07) is -0.743. The molecule has 2 heterocycles. The molecule has 0 saturated heterocycles. The van der Waals surface area contributed by atoms with Gasteiger partial charge in [-0.15, -0.1) is 16.4 Å². The molecule has 2 aromatic heterocycles. The fourth-order valence-corrected chi connectivity index (χ4v) is 2.51. The largest absolute Gasteiger partial charge is 0.475 e. The Bertz CT molecular complexity index is 704. The maximum absolute atomic E-state index is 12.2. The van der Waals surface area contributed by atoms with Gasteiger partial charge in [0.05, 0.1) is 17.7 Å². The molecule has 1 amide bonds. The Hall–Kier alpha value is -2.49. The number of methoxy groups -OCH3 is 1. The molecule has 118 valence electrons. The van der Waals surface area contributed by atoms with E-state index in [9.17, 15) is 14.9 Å². The number of thiazole rings is 1. The third-order valence-electron chi connectivity index (χ3n) is 3.10. The highest BCUT2D eigenvalue weighted by Gasteiger charge is 2.25. The summed E-state index contributed by atoms with van der Waals surface area (Å²) in [7, 11) is 1.28. The molecule has 1 N–H and O–H groups in total. The average Bonchev–Trinajstić information content (AvgIpc) is 3.02. The Morgan fingerprint density at radius 1 is 1.55 bits per heavy atom. The van der Waals surface area contributed by atoms with E-state index in [-0.39, 0.29) is 17.5 Å². The first-order valence-corrected chi connectivity index (χ1v) is 7.17. The number of carbonyl (C=O) groups is 1. The van der Waals surface area contributed by atoms with Crippen LogP contribution in [0.3, 0.4) is 0 Å². The monoisotopic (exact) mass is 325 g/mol. The quantitative estimate of drug-likeness (QED) is 0.665. The Kier molecular flexibility index (Phi) is 4.40. The lowest BCUT2D eigenvalue weighted by Crippen LogP contribution is -2.24. The van der Waals surface area contributed by atoms with E-state index >= 15 is 0 Å². The summed E-state index contributed by atoms with van der Waals surface area (Å²) >= 11 is 1.37. The van der Waals surface area contributed by atoms with Crippen LogP contribution in [-0.4, -0.2) is 32.7 Å². The van der Waals surface area contributed by atoms with Gasteiger partial charge in [-0.25, -0.2) is 9.67 Å². The zero-order valence-electron chi connectivity index (χ0n) is 12.5. The van der Waals surface area contributed by atoms with Crippen molar-refractivity contribution in [2.24, 2.45) is 0 Å². The molecule has 0 radical (unpaired) electrons. The first-order chi connectivity index (χ1) is 10.3. The third kappa shape index (κ3) is 3.06. The normalized spacial score (nSPS) is 12.0. The van der Waals surface area contributed by atoms with Crippen molar-refractivity contribution in [3.8, 4) is 5.88 Å². The summed E-state index contributed by atoms with van der Waals surface area (Å²) in [5.41, 5.74) is 0.562. The summed E-state index contributed by atoms with van der Waals surface area (Å²) in [4.78, 5) is 27.7. The number of aryl methyl sites for hydroxylation is 2. The van der Waals surface area contributed by atoms with E-state index < -0.39 is 11.0 Å². The van der Waals surface area contributed by atoms with Gasteiger partial charge < -0.3 is 10.1 Å². The first-order valence-electron chi connectivity index (χ1n) is 6.36. The van der Waals surface area contributed by atoms with Crippen LogP contribution in [0.5, 0.6) is 5.88 Å². The molecule has 2 rings (SSSR count). The second kappa shape index (κ2) is 6.10. The standard InChI is InChI=1S/C12H15N5O4S/c1-6-8(3)22-12(13-6)14-10(18)7(2)16-5-9(17(19)20)11(15-16)21-4/h5,7H,1-4H3,(H,13,14,18). The summed E-state index contributed by atoms with van der Waals surface area (Å²) in [5, 5.41) is 18.0. The van der Waals surface area contributed by atoms with Crippen LogP contribution in [0.15, 0.2) is 6.20 Å². The number of carbonyl (C=O) groups excluding carboxylic acids is 1. The second-order valence-corrected chi connectivity index (χ2v) is 5.79. The molecule has 10 heteroatoms. The highest BCUT2D eigenvalue weighted by Crippen LogP contribution is 2.27. The van der Waals surface area contributed by atoms with Gasteiger partial charge in [0.25, 0.3) is 5.91 Å². The van der Waals surface area contributed by atoms with Gasteiger partial charge in [-0.1, -0.05) is 0 Å². The maximum Gasteiger partial charge on any atom is 0.350 e. The van der Waals surface area contributed by atoms with Crippen molar-refractivity contribution in [1.29, 1.82) is 0 Å². The lowest BCUT2D eigenvalue weighted by atomic mass is 10.3. The molecule has 0 fully saturated rings. The van der Waals surface area contributed by atoms with Crippen LogP contribution in [0, 0.1) is 24.0 Å². The highest BCUT2D eigenvalue weighted by molar-refractivity contribution is 7.15.